The number of ether oxygens (including phenoxy) is 1. The molecular formula is C9H19N5O2. The second-order valence-corrected chi connectivity index (χ2v) is 3.57. The van der Waals surface area contributed by atoms with Crippen molar-refractivity contribution >= 4 is 11.9 Å². The number of guanidine groups is 1. The fraction of sp³-hybridized carbons (Fsp3) is 0.778. The third kappa shape index (κ3) is 5.52. The van der Waals surface area contributed by atoms with Crippen LogP contribution in [0.1, 0.15) is 12.8 Å². The molecule has 0 saturated heterocycles. The van der Waals surface area contributed by atoms with E-state index < -0.39 is 0 Å². The van der Waals surface area contributed by atoms with Gasteiger partial charge in [-0.1, -0.05) is 0 Å². The van der Waals surface area contributed by atoms with Gasteiger partial charge < -0.3 is 15.4 Å². The van der Waals surface area contributed by atoms with Crippen LogP contribution < -0.4 is 21.9 Å². The fourth-order valence-corrected chi connectivity index (χ4v) is 1.05. The Labute approximate surface area is 94.8 Å². The number of amides is 1. The molecule has 1 saturated carbocycles. The third-order valence-electron chi connectivity index (χ3n) is 2.06. The number of aliphatic imine (C=N–C) groups is 1. The first-order valence-corrected chi connectivity index (χ1v) is 5.29. The van der Waals surface area contributed by atoms with E-state index in [2.05, 4.69) is 21.1 Å². The molecule has 0 spiro atoms. The minimum atomic E-state index is -0.151. The number of carbonyl (C=O) groups excluding carboxylic acids is 1. The largest absolute Gasteiger partial charge is 0.383 e. The van der Waals surface area contributed by atoms with Crippen LogP contribution in [0.15, 0.2) is 4.99 Å². The maximum atomic E-state index is 11.3. The monoisotopic (exact) mass is 229 g/mol. The number of methoxy groups -OCH3 is 1. The predicted octanol–water partition coefficient (Wildman–Crippen LogP) is -1.68. The lowest BCUT2D eigenvalue weighted by molar-refractivity contribution is -0.119. The van der Waals surface area contributed by atoms with E-state index >= 15 is 0 Å². The lowest BCUT2D eigenvalue weighted by Crippen LogP contribution is -2.43. The molecule has 1 fully saturated rings. The number of nitrogens with one attached hydrogen (secondary N) is 3. The van der Waals surface area contributed by atoms with Gasteiger partial charge in [0, 0.05) is 19.7 Å². The zero-order valence-electron chi connectivity index (χ0n) is 9.45. The van der Waals surface area contributed by atoms with E-state index in [-0.39, 0.29) is 12.5 Å². The van der Waals surface area contributed by atoms with Gasteiger partial charge in [0.15, 0.2) is 0 Å². The number of nitrogens with zero attached hydrogens (tertiary/aromatic N) is 1. The molecule has 16 heavy (non-hydrogen) atoms. The maximum Gasteiger partial charge on any atom is 0.241 e. The average molecular weight is 229 g/mol. The van der Waals surface area contributed by atoms with Gasteiger partial charge in [0.1, 0.15) is 6.54 Å². The SMILES string of the molecule is COCCNC(=O)CN=C(NN)NC1CC1. The summed E-state index contributed by atoms with van der Waals surface area (Å²) in [6.45, 7) is 1.05. The van der Waals surface area contributed by atoms with Gasteiger partial charge in [0.05, 0.1) is 6.61 Å². The van der Waals surface area contributed by atoms with Crippen LogP contribution in [0.5, 0.6) is 0 Å². The summed E-state index contributed by atoms with van der Waals surface area (Å²) in [7, 11) is 1.58. The van der Waals surface area contributed by atoms with E-state index in [0.29, 0.717) is 25.2 Å². The fourth-order valence-electron chi connectivity index (χ4n) is 1.05. The van der Waals surface area contributed by atoms with Crippen LogP contribution in [0, 0.1) is 0 Å². The molecule has 0 atom stereocenters. The molecule has 1 aliphatic carbocycles. The average Bonchev–Trinajstić information content (AvgIpc) is 3.08. The molecule has 0 radical (unpaired) electrons. The lowest BCUT2D eigenvalue weighted by Gasteiger charge is -2.07. The molecule has 5 N–H and O–H groups in total. The van der Waals surface area contributed by atoms with E-state index in [4.69, 9.17) is 10.6 Å². The lowest BCUT2D eigenvalue weighted by atomic mass is 10.5. The summed E-state index contributed by atoms with van der Waals surface area (Å²) in [5.41, 5.74) is 2.43. The van der Waals surface area contributed by atoms with Gasteiger partial charge in [-0.2, -0.15) is 0 Å². The third-order valence-corrected chi connectivity index (χ3v) is 2.06. The standard InChI is InChI=1S/C9H19N5O2/c1-16-5-4-11-8(15)6-12-9(14-10)13-7-2-3-7/h7H,2-6,10H2,1H3,(H,11,15)(H2,12,13,14). The minimum Gasteiger partial charge on any atom is -0.383 e. The summed E-state index contributed by atoms with van der Waals surface area (Å²) in [4.78, 5) is 15.3. The molecule has 1 aliphatic rings. The van der Waals surface area contributed by atoms with E-state index in [1.54, 1.807) is 7.11 Å². The first kappa shape index (κ1) is 12.7. The van der Waals surface area contributed by atoms with Crippen molar-refractivity contribution < 1.29 is 9.53 Å². The normalized spacial score (nSPS) is 15.8. The van der Waals surface area contributed by atoms with Crippen molar-refractivity contribution in [2.24, 2.45) is 10.8 Å². The van der Waals surface area contributed by atoms with E-state index in [1.165, 1.54) is 0 Å². The Hall–Kier alpha value is -1.34. The molecule has 7 heteroatoms. The van der Waals surface area contributed by atoms with Crippen LogP contribution in [0.25, 0.3) is 0 Å². The molecule has 0 aromatic carbocycles. The molecular weight excluding hydrogens is 210 g/mol. The molecule has 92 valence electrons. The highest BCUT2D eigenvalue weighted by atomic mass is 16.5. The Bertz CT molecular complexity index is 252. The van der Waals surface area contributed by atoms with Crippen LogP contribution in [-0.2, 0) is 9.53 Å². The van der Waals surface area contributed by atoms with Gasteiger partial charge in [-0.25, -0.2) is 10.8 Å². The van der Waals surface area contributed by atoms with Crippen molar-refractivity contribution in [2.45, 2.75) is 18.9 Å². The van der Waals surface area contributed by atoms with Crippen molar-refractivity contribution in [3.8, 4) is 0 Å². The molecule has 0 heterocycles. The zero-order valence-corrected chi connectivity index (χ0v) is 9.45. The van der Waals surface area contributed by atoms with E-state index in [1.807, 2.05) is 0 Å². The summed E-state index contributed by atoms with van der Waals surface area (Å²) < 4.78 is 4.80. The second-order valence-electron chi connectivity index (χ2n) is 3.57. The molecule has 0 unspecified atom stereocenters. The summed E-state index contributed by atoms with van der Waals surface area (Å²) in [6.07, 6.45) is 2.25. The van der Waals surface area contributed by atoms with Crippen molar-refractivity contribution in [3.63, 3.8) is 0 Å². The quantitative estimate of drug-likeness (QED) is 0.143. The Morgan fingerprint density at radius 2 is 2.31 bits per heavy atom. The van der Waals surface area contributed by atoms with Gasteiger partial charge in [-0.15, -0.1) is 0 Å². The number of hydrogen-bond acceptors (Lipinski definition) is 4. The highest BCUT2D eigenvalue weighted by molar-refractivity contribution is 5.84. The van der Waals surface area contributed by atoms with E-state index in [0.717, 1.165) is 12.8 Å². The number of hydrogen-bond donors (Lipinski definition) is 4. The van der Waals surface area contributed by atoms with Crippen LogP contribution in [-0.4, -0.2) is 44.7 Å². The Morgan fingerprint density at radius 1 is 1.56 bits per heavy atom. The van der Waals surface area contributed by atoms with E-state index in [9.17, 15) is 4.79 Å². The number of nitrogens with two attached hydrogens (primary N) is 1. The summed E-state index contributed by atoms with van der Waals surface area (Å²) in [5.74, 6) is 5.57. The predicted molar refractivity (Wildman–Crippen MR) is 60.7 cm³/mol. The van der Waals surface area contributed by atoms with Crippen LogP contribution in [0.4, 0.5) is 0 Å². The summed E-state index contributed by atoms with van der Waals surface area (Å²) >= 11 is 0. The first-order valence-electron chi connectivity index (χ1n) is 5.29. The maximum absolute atomic E-state index is 11.3. The smallest absolute Gasteiger partial charge is 0.241 e. The highest BCUT2D eigenvalue weighted by Gasteiger charge is 2.21. The molecule has 7 nitrogen and oxygen atoms in total. The summed E-state index contributed by atoms with van der Waals surface area (Å²) in [6, 6.07) is 0.450. The topological polar surface area (TPSA) is 101 Å². The van der Waals surface area contributed by atoms with Gasteiger partial charge >= 0.3 is 0 Å². The van der Waals surface area contributed by atoms with Crippen molar-refractivity contribution in [1.29, 1.82) is 0 Å². The number of rotatable bonds is 6. The number of carbonyl (C=O) groups is 1. The van der Waals surface area contributed by atoms with Crippen molar-refractivity contribution in [2.75, 3.05) is 26.8 Å². The van der Waals surface area contributed by atoms with Gasteiger partial charge in [0.2, 0.25) is 11.9 Å². The first-order chi connectivity index (χ1) is 7.76. The van der Waals surface area contributed by atoms with Gasteiger partial charge in [-0.05, 0) is 12.8 Å². The Morgan fingerprint density at radius 3 is 2.88 bits per heavy atom. The zero-order chi connectivity index (χ0) is 11.8. The Kier molecular flexibility index (Phi) is 5.58. The van der Waals surface area contributed by atoms with Crippen molar-refractivity contribution in [3.05, 3.63) is 0 Å². The molecule has 0 bridgehead atoms. The highest BCUT2D eigenvalue weighted by Crippen LogP contribution is 2.18. The molecule has 0 aliphatic heterocycles. The van der Waals surface area contributed by atoms with Crippen molar-refractivity contribution in [1.82, 2.24) is 16.1 Å². The minimum absolute atomic E-state index is 0.0585. The molecule has 1 rings (SSSR count). The second kappa shape index (κ2) is 7.02. The molecule has 0 aromatic rings. The van der Waals surface area contributed by atoms with Gasteiger partial charge in [-0.3, -0.25) is 10.2 Å². The van der Waals surface area contributed by atoms with Crippen LogP contribution in [0.3, 0.4) is 0 Å². The van der Waals surface area contributed by atoms with Crippen LogP contribution in [0.2, 0.25) is 0 Å². The molecule has 0 aromatic heterocycles. The van der Waals surface area contributed by atoms with Crippen LogP contribution >= 0.6 is 0 Å². The van der Waals surface area contributed by atoms with Gasteiger partial charge in [0.25, 0.3) is 0 Å². The Balaban J connectivity index is 2.17. The summed E-state index contributed by atoms with van der Waals surface area (Å²) in [5, 5.41) is 5.74. The number of hydrazine groups is 1. The molecule has 1 amide bonds.